The molecule has 1 aromatic carbocycles. The van der Waals surface area contributed by atoms with Crippen LogP contribution in [0.1, 0.15) is 43.0 Å². The van der Waals surface area contributed by atoms with E-state index in [4.69, 9.17) is 10.5 Å². The maximum Gasteiger partial charge on any atom is 0.222 e. The zero-order valence-electron chi connectivity index (χ0n) is 16.6. The van der Waals surface area contributed by atoms with Gasteiger partial charge in [0.1, 0.15) is 12.0 Å². The van der Waals surface area contributed by atoms with Crippen molar-refractivity contribution in [3.8, 4) is 11.4 Å². The lowest BCUT2D eigenvalue weighted by atomic mass is 10.0. The van der Waals surface area contributed by atoms with Crippen molar-refractivity contribution in [3.05, 3.63) is 59.8 Å². The summed E-state index contributed by atoms with van der Waals surface area (Å²) in [5.41, 5.74) is 10.8. The van der Waals surface area contributed by atoms with E-state index in [-0.39, 0.29) is 6.23 Å². The zero-order chi connectivity index (χ0) is 19.6. The topological polar surface area (TPSA) is 69.2 Å². The number of anilines is 2. The molecule has 1 unspecified atom stereocenters. The van der Waals surface area contributed by atoms with Gasteiger partial charge in [-0.2, -0.15) is 4.98 Å². The Morgan fingerprint density at radius 2 is 1.90 bits per heavy atom. The monoisotopic (exact) mass is 389 g/mol. The van der Waals surface area contributed by atoms with E-state index in [1.807, 2.05) is 6.07 Å². The van der Waals surface area contributed by atoms with Gasteiger partial charge in [-0.25, -0.2) is 4.98 Å². The third kappa shape index (κ3) is 3.72. The highest BCUT2D eigenvalue weighted by molar-refractivity contribution is 5.62. The molecule has 2 aromatic heterocycles. The maximum absolute atomic E-state index is 6.15. The smallest absolute Gasteiger partial charge is 0.222 e. The molecule has 4 heterocycles. The molecule has 2 N–H and O–H groups in total. The van der Waals surface area contributed by atoms with E-state index in [0.29, 0.717) is 5.95 Å². The molecule has 0 radical (unpaired) electrons. The van der Waals surface area contributed by atoms with E-state index in [1.165, 1.54) is 17.5 Å². The van der Waals surface area contributed by atoms with Crippen molar-refractivity contribution in [2.24, 2.45) is 0 Å². The third-order valence-corrected chi connectivity index (χ3v) is 5.91. The second-order valence-electron chi connectivity index (χ2n) is 7.89. The van der Waals surface area contributed by atoms with E-state index in [2.05, 4.69) is 62.0 Å². The molecule has 1 atom stereocenters. The first-order valence-corrected chi connectivity index (χ1v) is 10.5. The first kappa shape index (κ1) is 18.2. The molecule has 150 valence electrons. The van der Waals surface area contributed by atoms with Crippen LogP contribution in [0.15, 0.2) is 48.7 Å². The quantitative estimate of drug-likeness (QED) is 0.728. The molecular weight excluding hydrogens is 362 g/mol. The molecule has 3 aromatic rings. The van der Waals surface area contributed by atoms with Crippen LogP contribution < -0.4 is 10.6 Å². The van der Waals surface area contributed by atoms with Crippen molar-refractivity contribution in [2.45, 2.75) is 44.9 Å². The summed E-state index contributed by atoms with van der Waals surface area (Å²) in [4.78, 5) is 11.5. The van der Waals surface area contributed by atoms with Gasteiger partial charge in [0, 0.05) is 32.0 Å². The van der Waals surface area contributed by atoms with Gasteiger partial charge in [0.05, 0.1) is 11.4 Å². The average molecular weight is 390 g/mol. The minimum absolute atomic E-state index is 0.0680. The van der Waals surface area contributed by atoms with Gasteiger partial charge in [0.2, 0.25) is 5.95 Å². The molecule has 0 saturated carbocycles. The fourth-order valence-electron chi connectivity index (χ4n) is 4.45. The Kier molecular flexibility index (Phi) is 4.94. The first-order chi connectivity index (χ1) is 14.3. The standard InChI is InChI=1S/C23H27N5O/c24-23-25-19(20-10-6-13-28(20)22-11-3-4-14-29-22)15-21(26-23)27-12-5-9-17-7-1-2-8-18(17)16-27/h1-2,6-8,10,13,15,22H,3-5,9,11-12,14,16H2,(H2,24,25,26). The Bertz CT molecular complexity index is 992. The molecule has 2 aliphatic rings. The van der Waals surface area contributed by atoms with E-state index >= 15 is 0 Å². The summed E-state index contributed by atoms with van der Waals surface area (Å²) in [6.07, 6.45) is 7.69. The molecule has 6 nitrogen and oxygen atoms in total. The Balaban J connectivity index is 1.48. The summed E-state index contributed by atoms with van der Waals surface area (Å²) in [5, 5.41) is 0. The van der Waals surface area contributed by atoms with Gasteiger partial charge in [-0.3, -0.25) is 0 Å². The van der Waals surface area contributed by atoms with Gasteiger partial charge in [-0.1, -0.05) is 24.3 Å². The summed E-state index contributed by atoms with van der Waals surface area (Å²) in [6, 6.07) is 14.9. The van der Waals surface area contributed by atoms with E-state index in [1.54, 1.807) is 0 Å². The Labute approximate surface area is 171 Å². The van der Waals surface area contributed by atoms with E-state index in [0.717, 1.165) is 62.6 Å². The number of fused-ring (bicyclic) bond motifs is 1. The summed E-state index contributed by atoms with van der Waals surface area (Å²) in [7, 11) is 0. The highest BCUT2D eigenvalue weighted by atomic mass is 16.5. The SMILES string of the molecule is Nc1nc(-c2cccn2C2CCCCO2)cc(N2CCCc3ccccc3C2)n1. The highest BCUT2D eigenvalue weighted by Gasteiger charge is 2.21. The molecular formula is C23H27N5O. The minimum atomic E-state index is 0.0680. The van der Waals surface area contributed by atoms with Crippen LogP contribution in [0.3, 0.4) is 0 Å². The summed E-state index contributed by atoms with van der Waals surface area (Å²) < 4.78 is 8.18. The van der Waals surface area contributed by atoms with Gasteiger partial charge in [0.15, 0.2) is 0 Å². The molecule has 6 heteroatoms. The van der Waals surface area contributed by atoms with E-state index < -0.39 is 0 Å². The van der Waals surface area contributed by atoms with Gasteiger partial charge in [-0.15, -0.1) is 0 Å². The molecule has 0 aliphatic carbocycles. The summed E-state index contributed by atoms with van der Waals surface area (Å²) in [5.74, 6) is 1.20. The Morgan fingerprint density at radius 3 is 2.76 bits per heavy atom. The Hall–Kier alpha value is -2.86. The molecule has 0 spiro atoms. The maximum atomic E-state index is 6.15. The van der Waals surface area contributed by atoms with Crippen LogP contribution in [0, 0.1) is 0 Å². The molecule has 1 saturated heterocycles. The van der Waals surface area contributed by atoms with Gasteiger partial charge in [0.25, 0.3) is 0 Å². The molecule has 0 bridgehead atoms. The second kappa shape index (κ2) is 7.87. The average Bonchev–Trinajstić information content (AvgIpc) is 3.14. The van der Waals surface area contributed by atoms with Crippen LogP contribution in [-0.2, 0) is 17.7 Å². The van der Waals surface area contributed by atoms with Crippen LogP contribution in [0.2, 0.25) is 0 Å². The number of ether oxygens (including phenoxy) is 1. The number of nitrogens with zero attached hydrogens (tertiary/aromatic N) is 4. The zero-order valence-corrected chi connectivity index (χ0v) is 16.6. The fourth-order valence-corrected chi connectivity index (χ4v) is 4.45. The van der Waals surface area contributed by atoms with Crippen LogP contribution in [-0.4, -0.2) is 27.7 Å². The third-order valence-electron chi connectivity index (χ3n) is 5.91. The highest BCUT2D eigenvalue weighted by Crippen LogP contribution is 2.31. The van der Waals surface area contributed by atoms with Crippen molar-refractivity contribution in [1.82, 2.24) is 14.5 Å². The molecule has 29 heavy (non-hydrogen) atoms. The molecule has 5 rings (SSSR count). The number of nitrogen functional groups attached to an aromatic ring is 1. The van der Waals surface area contributed by atoms with Crippen LogP contribution in [0.25, 0.3) is 11.4 Å². The lowest BCUT2D eigenvalue weighted by Crippen LogP contribution is -2.24. The molecule has 0 amide bonds. The van der Waals surface area contributed by atoms with E-state index in [9.17, 15) is 0 Å². The first-order valence-electron chi connectivity index (χ1n) is 10.5. The minimum Gasteiger partial charge on any atom is -0.368 e. The predicted octanol–water partition coefficient (Wildman–Crippen LogP) is 4.18. The number of benzene rings is 1. The van der Waals surface area contributed by atoms with Crippen LogP contribution >= 0.6 is 0 Å². The number of hydrogen-bond donors (Lipinski definition) is 1. The summed E-state index contributed by atoms with van der Waals surface area (Å²) in [6.45, 7) is 2.61. The van der Waals surface area contributed by atoms with Crippen molar-refractivity contribution < 1.29 is 4.74 Å². The van der Waals surface area contributed by atoms with Gasteiger partial charge < -0.3 is 19.9 Å². The summed E-state index contributed by atoms with van der Waals surface area (Å²) >= 11 is 0. The van der Waals surface area contributed by atoms with Crippen molar-refractivity contribution in [2.75, 3.05) is 23.8 Å². The number of aromatic nitrogens is 3. The number of nitrogens with two attached hydrogens (primary N) is 1. The number of aryl methyl sites for hydroxylation is 1. The number of rotatable bonds is 3. The lowest BCUT2D eigenvalue weighted by molar-refractivity contribution is -0.0307. The van der Waals surface area contributed by atoms with Crippen LogP contribution in [0.5, 0.6) is 0 Å². The molecule has 1 fully saturated rings. The second-order valence-corrected chi connectivity index (χ2v) is 7.89. The number of hydrogen-bond acceptors (Lipinski definition) is 5. The van der Waals surface area contributed by atoms with Crippen LogP contribution in [0.4, 0.5) is 11.8 Å². The van der Waals surface area contributed by atoms with Gasteiger partial charge >= 0.3 is 0 Å². The predicted molar refractivity (Wildman–Crippen MR) is 115 cm³/mol. The normalized spacial score (nSPS) is 19.6. The fraction of sp³-hybridized carbons (Fsp3) is 0.391. The van der Waals surface area contributed by atoms with Crippen molar-refractivity contribution in [3.63, 3.8) is 0 Å². The largest absolute Gasteiger partial charge is 0.368 e. The molecule has 2 aliphatic heterocycles. The lowest BCUT2D eigenvalue weighted by Gasteiger charge is -2.26. The Morgan fingerprint density at radius 1 is 1.00 bits per heavy atom. The van der Waals surface area contributed by atoms with Crippen molar-refractivity contribution in [1.29, 1.82) is 0 Å². The van der Waals surface area contributed by atoms with Crippen molar-refractivity contribution >= 4 is 11.8 Å². The van der Waals surface area contributed by atoms with Gasteiger partial charge in [-0.05, 0) is 55.4 Å².